The Morgan fingerprint density at radius 2 is 2.57 bits per heavy atom. The number of hydrogen-bond donors (Lipinski definition) is 0. The molecule has 0 amide bonds. The zero-order valence-corrected chi connectivity index (χ0v) is 4.13. The molecule has 0 aliphatic carbocycles. The summed E-state index contributed by atoms with van der Waals surface area (Å²) in [5.41, 5.74) is 0. The Kier molecular flexibility index (Phi) is 4.51. The molecule has 7 heavy (non-hydrogen) atoms. The maximum Gasteiger partial charge on any atom is 0.164 e. The Bertz CT molecular complexity index is 70.1. The molecule has 3 heteroatoms. The highest BCUT2D eigenvalue weighted by Crippen LogP contribution is 1.67. The molecule has 3 nitrogen and oxygen atoms in total. The van der Waals surface area contributed by atoms with E-state index < -0.39 is 0 Å². The zero-order valence-electron chi connectivity index (χ0n) is 4.13. The maximum absolute atomic E-state index is 9.45. The predicted octanol–water partition coefficient (Wildman–Crippen LogP) is 0.208. The first-order valence-electron chi connectivity index (χ1n) is 2.01. The Morgan fingerprint density at radius 3 is 3.00 bits per heavy atom. The van der Waals surface area contributed by atoms with Gasteiger partial charge >= 0.3 is 0 Å². The summed E-state index contributed by atoms with van der Waals surface area (Å²) >= 11 is 0. The number of nitrogens with zero attached hydrogens (tertiary/aromatic N) is 1. The van der Waals surface area contributed by atoms with Crippen LogP contribution in [-0.2, 0) is 9.63 Å². The molecule has 0 aliphatic heterocycles. The van der Waals surface area contributed by atoms with Crippen LogP contribution in [0.25, 0.3) is 0 Å². The molecule has 0 bridgehead atoms. The van der Waals surface area contributed by atoms with Crippen molar-refractivity contribution < 1.29 is 9.63 Å². The lowest BCUT2D eigenvalue weighted by atomic mass is 10.9. The molecule has 0 unspecified atom stereocenters. The van der Waals surface area contributed by atoms with E-state index in [1.54, 1.807) is 6.92 Å². The van der Waals surface area contributed by atoms with Crippen LogP contribution in [0.1, 0.15) is 6.92 Å². The summed E-state index contributed by atoms with van der Waals surface area (Å²) in [6.45, 7) is 2.30. The lowest BCUT2D eigenvalue weighted by Gasteiger charge is -1.84. The minimum absolute atomic E-state index is 0.504. The number of carbonyl (C=O) groups excluding carboxylic acids is 1. The van der Waals surface area contributed by atoms with Gasteiger partial charge in [-0.2, -0.15) is 0 Å². The molecule has 40 valence electrons. The van der Waals surface area contributed by atoms with Gasteiger partial charge in [-0.25, -0.2) is 0 Å². The molecule has 0 aromatic heterocycles. The van der Waals surface area contributed by atoms with Gasteiger partial charge in [-0.1, -0.05) is 5.16 Å². The van der Waals surface area contributed by atoms with Crippen molar-refractivity contribution in [3.63, 3.8) is 0 Å². The number of aldehydes is 1. The van der Waals surface area contributed by atoms with Gasteiger partial charge in [-0.3, -0.25) is 4.79 Å². The normalized spacial score (nSPS) is 9.29. The van der Waals surface area contributed by atoms with Crippen LogP contribution in [0.5, 0.6) is 0 Å². The molecule has 0 rings (SSSR count). The van der Waals surface area contributed by atoms with E-state index in [9.17, 15) is 4.79 Å². The fourth-order valence-electron chi connectivity index (χ4n) is 0.142. The number of carbonyl (C=O) groups is 1. The van der Waals surface area contributed by atoms with E-state index in [-0.39, 0.29) is 0 Å². The average molecular weight is 101 g/mol. The Labute approximate surface area is 42.0 Å². The summed E-state index contributed by atoms with van der Waals surface area (Å²) in [6, 6.07) is 0. The summed E-state index contributed by atoms with van der Waals surface area (Å²) in [4.78, 5) is 13.9. The molecule has 0 spiro atoms. The third-order valence-electron chi connectivity index (χ3n) is 0.325. The first-order valence-corrected chi connectivity index (χ1v) is 2.01. The van der Waals surface area contributed by atoms with E-state index in [0.29, 0.717) is 12.9 Å². The Balaban J connectivity index is 2.92. The van der Waals surface area contributed by atoms with Gasteiger partial charge in [0.2, 0.25) is 0 Å². The van der Waals surface area contributed by atoms with E-state index >= 15 is 0 Å². The van der Waals surface area contributed by atoms with Crippen molar-refractivity contribution >= 4 is 12.5 Å². The van der Waals surface area contributed by atoms with E-state index in [2.05, 4.69) is 9.99 Å². The number of rotatable bonds is 3. The standard InChI is InChI=1S/C4H7NO2/c1-2-7-5-3-4-6/h3-4H,2H2,1H3/b5-3-. The molecule has 0 saturated carbocycles. The molecule has 0 fully saturated rings. The van der Waals surface area contributed by atoms with Crippen molar-refractivity contribution in [3.05, 3.63) is 0 Å². The molecule has 0 saturated heterocycles. The average Bonchev–Trinajstić information content (AvgIpc) is 1.69. The van der Waals surface area contributed by atoms with Crippen LogP contribution in [0.4, 0.5) is 0 Å². The lowest BCUT2D eigenvalue weighted by Crippen LogP contribution is -1.79. The quantitative estimate of drug-likeness (QED) is 0.289. The van der Waals surface area contributed by atoms with Gasteiger partial charge < -0.3 is 4.84 Å². The van der Waals surface area contributed by atoms with E-state index in [1.807, 2.05) is 0 Å². The molecular weight excluding hydrogens is 94.0 g/mol. The number of hydrogen-bond acceptors (Lipinski definition) is 3. The van der Waals surface area contributed by atoms with Crippen LogP contribution in [0, 0.1) is 0 Å². The first kappa shape index (κ1) is 6.14. The minimum atomic E-state index is 0.504. The van der Waals surface area contributed by atoms with Gasteiger partial charge in [0.25, 0.3) is 0 Å². The highest BCUT2D eigenvalue weighted by molar-refractivity contribution is 6.12. The molecular formula is C4H7NO2. The van der Waals surface area contributed by atoms with Crippen LogP contribution in [0.15, 0.2) is 5.16 Å². The predicted molar refractivity (Wildman–Crippen MR) is 26.2 cm³/mol. The second-order valence-corrected chi connectivity index (χ2v) is 0.808. The Morgan fingerprint density at radius 1 is 1.86 bits per heavy atom. The summed E-state index contributed by atoms with van der Waals surface area (Å²) < 4.78 is 0. The van der Waals surface area contributed by atoms with Crippen molar-refractivity contribution in [3.8, 4) is 0 Å². The lowest BCUT2D eigenvalue weighted by molar-refractivity contribution is -0.102. The smallest absolute Gasteiger partial charge is 0.164 e. The fraction of sp³-hybridized carbons (Fsp3) is 0.500. The molecule has 0 heterocycles. The number of oxime groups is 1. The van der Waals surface area contributed by atoms with Crippen LogP contribution >= 0.6 is 0 Å². The third kappa shape index (κ3) is 5.14. The van der Waals surface area contributed by atoms with Crippen LogP contribution in [0.2, 0.25) is 0 Å². The summed E-state index contributed by atoms with van der Waals surface area (Å²) in [6.07, 6.45) is 1.62. The monoisotopic (exact) mass is 101 g/mol. The van der Waals surface area contributed by atoms with Crippen molar-refractivity contribution in [1.82, 2.24) is 0 Å². The summed E-state index contributed by atoms with van der Waals surface area (Å²) in [5.74, 6) is 0. The van der Waals surface area contributed by atoms with Gasteiger partial charge in [0, 0.05) is 0 Å². The van der Waals surface area contributed by atoms with Gasteiger partial charge in [0.15, 0.2) is 6.29 Å². The van der Waals surface area contributed by atoms with Crippen molar-refractivity contribution in [2.24, 2.45) is 5.16 Å². The van der Waals surface area contributed by atoms with Gasteiger partial charge in [-0.15, -0.1) is 0 Å². The fourth-order valence-corrected chi connectivity index (χ4v) is 0.142. The van der Waals surface area contributed by atoms with Gasteiger partial charge in [0.05, 0.1) is 0 Å². The highest BCUT2D eigenvalue weighted by atomic mass is 16.6. The molecule has 0 atom stereocenters. The highest BCUT2D eigenvalue weighted by Gasteiger charge is 1.65. The van der Waals surface area contributed by atoms with Crippen LogP contribution in [0.3, 0.4) is 0 Å². The third-order valence-corrected chi connectivity index (χ3v) is 0.325. The second kappa shape index (κ2) is 5.14. The van der Waals surface area contributed by atoms with Crippen molar-refractivity contribution in [1.29, 1.82) is 0 Å². The largest absolute Gasteiger partial charge is 0.396 e. The maximum atomic E-state index is 9.45. The Hall–Kier alpha value is -0.860. The molecule has 0 N–H and O–H groups in total. The summed E-state index contributed by atoms with van der Waals surface area (Å²) in [5, 5.41) is 3.22. The SMILES string of the molecule is CCO/N=C\C=O. The van der Waals surface area contributed by atoms with E-state index in [4.69, 9.17) is 0 Å². The van der Waals surface area contributed by atoms with Crippen molar-refractivity contribution in [2.45, 2.75) is 6.92 Å². The molecule has 0 aromatic rings. The van der Waals surface area contributed by atoms with Crippen molar-refractivity contribution in [2.75, 3.05) is 6.61 Å². The van der Waals surface area contributed by atoms with Gasteiger partial charge in [0.1, 0.15) is 12.8 Å². The summed E-state index contributed by atoms with van der Waals surface area (Å²) in [7, 11) is 0. The van der Waals surface area contributed by atoms with Crippen LogP contribution < -0.4 is 0 Å². The van der Waals surface area contributed by atoms with Crippen LogP contribution in [-0.4, -0.2) is 19.1 Å². The molecule has 0 radical (unpaired) electrons. The first-order chi connectivity index (χ1) is 3.41. The van der Waals surface area contributed by atoms with Gasteiger partial charge in [-0.05, 0) is 6.92 Å². The second-order valence-electron chi connectivity index (χ2n) is 0.808. The topological polar surface area (TPSA) is 38.7 Å². The zero-order chi connectivity index (χ0) is 5.54. The van der Waals surface area contributed by atoms with E-state index in [0.717, 1.165) is 6.21 Å². The van der Waals surface area contributed by atoms with E-state index in [1.165, 1.54) is 0 Å². The molecule has 0 aliphatic rings. The molecule has 0 aromatic carbocycles. The minimum Gasteiger partial charge on any atom is -0.396 e.